The van der Waals surface area contributed by atoms with Gasteiger partial charge in [-0.05, 0) is 18.2 Å². The van der Waals surface area contributed by atoms with E-state index in [4.69, 9.17) is 21.1 Å². The minimum absolute atomic E-state index is 0.226. The Morgan fingerprint density at radius 2 is 2.17 bits per heavy atom. The van der Waals surface area contributed by atoms with Crippen molar-refractivity contribution in [3.63, 3.8) is 0 Å². The summed E-state index contributed by atoms with van der Waals surface area (Å²) in [6.07, 6.45) is 1.33. The summed E-state index contributed by atoms with van der Waals surface area (Å²) in [5.74, 6) is 6.14. The van der Waals surface area contributed by atoms with Gasteiger partial charge in [0.2, 0.25) is 0 Å². The summed E-state index contributed by atoms with van der Waals surface area (Å²) < 4.78 is 23.7. The van der Waals surface area contributed by atoms with Crippen LogP contribution in [0.5, 0.6) is 5.75 Å². The first kappa shape index (κ1) is 14.8. The molecular weight excluding hydrogens is 255 g/mol. The van der Waals surface area contributed by atoms with E-state index in [1.807, 2.05) is 0 Å². The van der Waals surface area contributed by atoms with Gasteiger partial charge in [0.05, 0.1) is 6.61 Å². The average Bonchev–Trinajstić information content (AvgIpc) is 2.38. The molecule has 1 rings (SSSR count). The minimum atomic E-state index is -0.379. The van der Waals surface area contributed by atoms with Gasteiger partial charge < -0.3 is 9.47 Å². The molecule has 0 atom stereocenters. The average molecular weight is 271 g/mol. The highest BCUT2D eigenvalue weighted by Gasteiger charge is 2.03. The highest BCUT2D eigenvalue weighted by molar-refractivity contribution is 6.18. The van der Waals surface area contributed by atoms with Crippen LogP contribution in [0, 0.1) is 17.7 Å². The molecule has 1 aromatic rings. The summed E-state index contributed by atoms with van der Waals surface area (Å²) in [6.45, 7) is 1.01. The third kappa shape index (κ3) is 5.39. The monoisotopic (exact) mass is 270 g/mol. The fourth-order valence-electron chi connectivity index (χ4n) is 1.29. The molecule has 0 bridgehead atoms. The molecule has 0 saturated heterocycles. The van der Waals surface area contributed by atoms with Gasteiger partial charge in [0, 0.05) is 38.0 Å². The topological polar surface area (TPSA) is 18.5 Å². The zero-order chi connectivity index (χ0) is 13.2. The van der Waals surface area contributed by atoms with E-state index in [-0.39, 0.29) is 11.6 Å². The summed E-state index contributed by atoms with van der Waals surface area (Å²) in [4.78, 5) is 0. The molecule has 0 unspecified atom stereocenters. The largest absolute Gasteiger partial charge is 0.490 e. The summed E-state index contributed by atoms with van der Waals surface area (Å²) in [7, 11) is 1.62. The molecule has 0 fully saturated rings. The Bertz CT molecular complexity index is 424. The Morgan fingerprint density at radius 1 is 1.33 bits per heavy atom. The van der Waals surface area contributed by atoms with Gasteiger partial charge in [0.1, 0.15) is 0 Å². The van der Waals surface area contributed by atoms with Crippen LogP contribution < -0.4 is 4.74 Å². The van der Waals surface area contributed by atoms with E-state index in [2.05, 4.69) is 11.8 Å². The zero-order valence-electron chi connectivity index (χ0n) is 10.3. The first-order chi connectivity index (χ1) is 8.77. The minimum Gasteiger partial charge on any atom is -0.490 e. The van der Waals surface area contributed by atoms with Crippen LogP contribution in [0.15, 0.2) is 18.2 Å². The maximum Gasteiger partial charge on any atom is 0.165 e. The number of ether oxygens (including phenoxy) is 2. The van der Waals surface area contributed by atoms with Crippen LogP contribution in [0.2, 0.25) is 0 Å². The van der Waals surface area contributed by atoms with E-state index >= 15 is 0 Å². The SMILES string of the molecule is COCCCOc1cc(C#CCCCl)ccc1F. The van der Waals surface area contributed by atoms with Crippen LogP contribution in [-0.2, 0) is 4.74 Å². The number of alkyl halides is 1. The van der Waals surface area contributed by atoms with Crippen molar-refractivity contribution in [3.8, 4) is 17.6 Å². The fourth-order valence-corrected chi connectivity index (χ4v) is 1.38. The molecule has 0 saturated carbocycles. The Kier molecular flexibility index (Phi) is 7.24. The molecule has 0 aliphatic rings. The maximum atomic E-state index is 13.4. The number of hydrogen-bond donors (Lipinski definition) is 0. The van der Waals surface area contributed by atoms with E-state index < -0.39 is 0 Å². The smallest absolute Gasteiger partial charge is 0.165 e. The third-order valence-electron chi connectivity index (χ3n) is 2.13. The van der Waals surface area contributed by atoms with E-state index in [1.54, 1.807) is 19.2 Å². The van der Waals surface area contributed by atoms with Crippen molar-refractivity contribution in [2.45, 2.75) is 12.8 Å². The highest BCUT2D eigenvalue weighted by atomic mass is 35.5. The zero-order valence-corrected chi connectivity index (χ0v) is 11.1. The second-order valence-electron chi connectivity index (χ2n) is 3.58. The van der Waals surface area contributed by atoms with Crippen molar-refractivity contribution in [1.82, 2.24) is 0 Å². The van der Waals surface area contributed by atoms with Crippen LogP contribution in [0.1, 0.15) is 18.4 Å². The molecular formula is C14H16ClFO2. The van der Waals surface area contributed by atoms with Crippen LogP contribution in [0.25, 0.3) is 0 Å². The number of methoxy groups -OCH3 is 1. The number of halogens is 2. The molecule has 0 radical (unpaired) electrons. The van der Waals surface area contributed by atoms with Crippen LogP contribution in [0.4, 0.5) is 4.39 Å². The Labute approximate surface area is 112 Å². The lowest BCUT2D eigenvalue weighted by Crippen LogP contribution is -2.02. The van der Waals surface area contributed by atoms with Crippen molar-refractivity contribution in [2.24, 2.45) is 0 Å². The van der Waals surface area contributed by atoms with Crippen LogP contribution in [0.3, 0.4) is 0 Å². The summed E-state index contributed by atoms with van der Waals surface area (Å²) in [5, 5.41) is 0. The summed E-state index contributed by atoms with van der Waals surface area (Å²) in [5.41, 5.74) is 0.725. The first-order valence-corrected chi connectivity index (χ1v) is 6.27. The van der Waals surface area contributed by atoms with E-state index in [0.717, 1.165) is 12.0 Å². The lowest BCUT2D eigenvalue weighted by molar-refractivity contribution is 0.170. The van der Waals surface area contributed by atoms with Gasteiger partial charge in [-0.25, -0.2) is 4.39 Å². The van der Waals surface area contributed by atoms with E-state index in [1.165, 1.54) is 6.07 Å². The van der Waals surface area contributed by atoms with E-state index in [9.17, 15) is 4.39 Å². The maximum absolute atomic E-state index is 13.4. The van der Waals surface area contributed by atoms with Crippen molar-refractivity contribution in [2.75, 3.05) is 26.2 Å². The van der Waals surface area contributed by atoms with Crippen molar-refractivity contribution < 1.29 is 13.9 Å². The first-order valence-electron chi connectivity index (χ1n) is 5.74. The quantitative estimate of drug-likeness (QED) is 0.449. The molecule has 0 aromatic heterocycles. The fraction of sp³-hybridized carbons (Fsp3) is 0.429. The highest BCUT2D eigenvalue weighted by Crippen LogP contribution is 2.18. The van der Waals surface area contributed by atoms with Gasteiger partial charge >= 0.3 is 0 Å². The number of hydrogen-bond acceptors (Lipinski definition) is 2. The standard InChI is InChI=1S/C14H16ClFO2/c1-17-9-4-10-18-14-11-12(5-2-3-8-15)6-7-13(14)16/h6-7,11H,3-4,8-10H2,1H3. The van der Waals surface area contributed by atoms with Gasteiger partial charge in [0.25, 0.3) is 0 Å². The number of rotatable bonds is 6. The second-order valence-corrected chi connectivity index (χ2v) is 3.96. The Morgan fingerprint density at radius 3 is 2.89 bits per heavy atom. The normalized spacial score (nSPS) is 9.72. The molecule has 0 heterocycles. The lowest BCUT2D eigenvalue weighted by Gasteiger charge is -2.07. The van der Waals surface area contributed by atoms with Gasteiger partial charge in [0.15, 0.2) is 11.6 Å². The predicted octanol–water partition coefficient (Wildman–Crippen LogP) is 3.22. The molecule has 1 aromatic carbocycles. The van der Waals surface area contributed by atoms with Gasteiger partial charge in [-0.3, -0.25) is 0 Å². The molecule has 0 spiro atoms. The van der Waals surface area contributed by atoms with Crippen molar-refractivity contribution in [1.29, 1.82) is 0 Å². The molecule has 0 aliphatic carbocycles. The molecule has 4 heteroatoms. The molecule has 2 nitrogen and oxygen atoms in total. The molecule has 0 amide bonds. The van der Waals surface area contributed by atoms with Crippen LogP contribution in [-0.4, -0.2) is 26.2 Å². The molecule has 98 valence electrons. The summed E-state index contributed by atoms with van der Waals surface area (Å²) in [6, 6.07) is 4.58. The Balaban J connectivity index is 2.61. The second kappa shape index (κ2) is 8.79. The summed E-state index contributed by atoms with van der Waals surface area (Å²) >= 11 is 5.52. The van der Waals surface area contributed by atoms with Crippen molar-refractivity contribution in [3.05, 3.63) is 29.6 Å². The number of benzene rings is 1. The molecule has 0 aliphatic heterocycles. The molecule has 18 heavy (non-hydrogen) atoms. The Hall–Kier alpha value is -1.24. The third-order valence-corrected chi connectivity index (χ3v) is 2.32. The van der Waals surface area contributed by atoms with Gasteiger partial charge in [-0.1, -0.05) is 11.8 Å². The van der Waals surface area contributed by atoms with Crippen molar-refractivity contribution >= 4 is 11.6 Å². The lowest BCUT2D eigenvalue weighted by atomic mass is 10.2. The van der Waals surface area contributed by atoms with E-state index in [0.29, 0.717) is 25.5 Å². The molecule has 0 N–H and O–H groups in total. The predicted molar refractivity (Wildman–Crippen MR) is 70.6 cm³/mol. The van der Waals surface area contributed by atoms with Crippen LogP contribution >= 0.6 is 11.6 Å². The van der Waals surface area contributed by atoms with Gasteiger partial charge in [-0.2, -0.15) is 0 Å². The van der Waals surface area contributed by atoms with Gasteiger partial charge in [-0.15, -0.1) is 11.6 Å².